The minimum atomic E-state index is -0.0587. The maximum Gasteiger partial charge on any atom is 0.216 e. The molecule has 3 N–H and O–H groups in total. The van der Waals surface area contributed by atoms with Crippen molar-refractivity contribution in [2.24, 2.45) is 0 Å². The van der Waals surface area contributed by atoms with E-state index >= 15 is 0 Å². The number of hydrogen-bond donors (Lipinski definition) is 3. The summed E-state index contributed by atoms with van der Waals surface area (Å²) in [6.45, 7) is 2.02. The molecule has 1 heterocycles. The summed E-state index contributed by atoms with van der Waals surface area (Å²) in [5.41, 5.74) is 1.81. The smallest absolute Gasteiger partial charge is 0.216 e. The Bertz CT molecular complexity index is 575. The van der Waals surface area contributed by atoms with Crippen LogP contribution in [0.15, 0.2) is 18.3 Å². The molecule has 1 aromatic carbocycles. The molecule has 5 nitrogen and oxygen atoms in total. The maximum atomic E-state index is 10.8. The third-order valence-electron chi connectivity index (χ3n) is 2.85. The number of nitrogens with one attached hydrogen (secondary N) is 2. The first-order valence-electron chi connectivity index (χ1n) is 5.74. The highest BCUT2D eigenvalue weighted by molar-refractivity contribution is 5.91. The second kappa shape index (κ2) is 5.00. The molecule has 2 rings (SSSR count). The van der Waals surface area contributed by atoms with E-state index < -0.39 is 0 Å². The zero-order valence-corrected chi connectivity index (χ0v) is 10.4. The molecule has 1 amide bonds. The van der Waals surface area contributed by atoms with Crippen molar-refractivity contribution in [3.63, 3.8) is 0 Å². The number of rotatable bonds is 4. The minimum Gasteiger partial charge on any atom is -0.504 e. The molecule has 0 radical (unpaired) electrons. The monoisotopic (exact) mass is 248 g/mol. The highest BCUT2D eigenvalue weighted by atomic mass is 16.5. The van der Waals surface area contributed by atoms with Crippen LogP contribution in [0.5, 0.6) is 11.5 Å². The van der Waals surface area contributed by atoms with Gasteiger partial charge < -0.3 is 20.1 Å². The first kappa shape index (κ1) is 12.3. The van der Waals surface area contributed by atoms with Crippen LogP contribution in [0.1, 0.15) is 12.5 Å². The van der Waals surface area contributed by atoms with Crippen molar-refractivity contribution in [1.82, 2.24) is 10.3 Å². The van der Waals surface area contributed by atoms with E-state index in [1.165, 1.54) is 14.0 Å². The van der Waals surface area contributed by atoms with Crippen molar-refractivity contribution >= 4 is 16.8 Å². The van der Waals surface area contributed by atoms with E-state index in [0.717, 1.165) is 16.5 Å². The average molecular weight is 248 g/mol. The van der Waals surface area contributed by atoms with Crippen LogP contribution in [0, 0.1) is 0 Å². The van der Waals surface area contributed by atoms with E-state index in [2.05, 4.69) is 10.3 Å². The first-order chi connectivity index (χ1) is 8.63. The Hall–Kier alpha value is -2.17. The van der Waals surface area contributed by atoms with Gasteiger partial charge in [-0.25, -0.2) is 0 Å². The fourth-order valence-corrected chi connectivity index (χ4v) is 1.99. The quantitative estimate of drug-likeness (QED) is 0.768. The van der Waals surface area contributed by atoms with Crippen molar-refractivity contribution < 1.29 is 14.6 Å². The first-order valence-corrected chi connectivity index (χ1v) is 5.74. The normalized spacial score (nSPS) is 10.6. The summed E-state index contributed by atoms with van der Waals surface area (Å²) in [6, 6.07) is 3.57. The van der Waals surface area contributed by atoms with Gasteiger partial charge in [0.15, 0.2) is 11.5 Å². The van der Waals surface area contributed by atoms with Gasteiger partial charge in [0.2, 0.25) is 5.91 Å². The van der Waals surface area contributed by atoms with E-state index in [0.29, 0.717) is 18.7 Å². The van der Waals surface area contributed by atoms with Crippen LogP contribution in [0.25, 0.3) is 10.9 Å². The van der Waals surface area contributed by atoms with Crippen molar-refractivity contribution in [3.05, 3.63) is 23.9 Å². The average Bonchev–Trinajstić information content (AvgIpc) is 2.73. The lowest BCUT2D eigenvalue weighted by molar-refractivity contribution is -0.118. The number of phenols is 1. The van der Waals surface area contributed by atoms with Gasteiger partial charge in [-0.05, 0) is 24.1 Å². The number of aromatic hydroxyl groups is 1. The topological polar surface area (TPSA) is 74.3 Å². The van der Waals surface area contributed by atoms with E-state index in [1.807, 2.05) is 12.3 Å². The zero-order chi connectivity index (χ0) is 13.1. The van der Waals surface area contributed by atoms with Gasteiger partial charge in [0.25, 0.3) is 0 Å². The van der Waals surface area contributed by atoms with Crippen LogP contribution in [0.4, 0.5) is 0 Å². The van der Waals surface area contributed by atoms with Crippen LogP contribution in [-0.4, -0.2) is 29.7 Å². The predicted molar refractivity (Wildman–Crippen MR) is 68.9 cm³/mol. The number of carbonyl (C=O) groups excluding carboxylic acids is 1. The molecular weight excluding hydrogens is 232 g/mol. The molecule has 0 atom stereocenters. The Labute approximate surface area is 105 Å². The number of benzene rings is 1. The van der Waals surface area contributed by atoms with Gasteiger partial charge in [-0.15, -0.1) is 0 Å². The molecule has 0 fully saturated rings. The lowest BCUT2D eigenvalue weighted by Gasteiger charge is -2.06. The second-order valence-electron chi connectivity index (χ2n) is 4.09. The molecular formula is C13H16N2O3. The van der Waals surface area contributed by atoms with E-state index in [1.54, 1.807) is 6.07 Å². The Morgan fingerprint density at radius 1 is 1.50 bits per heavy atom. The lowest BCUT2D eigenvalue weighted by Crippen LogP contribution is -2.22. The van der Waals surface area contributed by atoms with Gasteiger partial charge >= 0.3 is 0 Å². The number of aromatic nitrogens is 1. The number of hydrogen-bond acceptors (Lipinski definition) is 3. The molecule has 0 unspecified atom stereocenters. The molecule has 1 aromatic heterocycles. The van der Waals surface area contributed by atoms with Gasteiger partial charge in [-0.2, -0.15) is 0 Å². The largest absolute Gasteiger partial charge is 0.504 e. The molecule has 0 saturated heterocycles. The number of aromatic amines is 1. The number of fused-ring (bicyclic) bond motifs is 1. The van der Waals surface area contributed by atoms with Gasteiger partial charge in [-0.3, -0.25) is 4.79 Å². The molecule has 0 bridgehead atoms. The summed E-state index contributed by atoms with van der Waals surface area (Å²) >= 11 is 0. The molecule has 5 heteroatoms. The second-order valence-corrected chi connectivity index (χ2v) is 4.09. The number of H-pyrrole nitrogens is 1. The molecule has 0 aliphatic heterocycles. The van der Waals surface area contributed by atoms with Crippen molar-refractivity contribution in [2.45, 2.75) is 13.3 Å². The Morgan fingerprint density at radius 3 is 2.94 bits per heavy atom. The van der Waals surface area contributed by atoms with Crippen LogP contribution < -0.4 is 10.1 Å². The molecule has 0 saturated carbocycles. The summed E-state index contributed by atoms with van der Waals surface area (Å²) in [4.78, 5) is 13.9. The third kappa shape index (κ3) is 2.25. The summed E-state index contributed by atoms with van der Waals surface area (Å²) in [5.74, 6) is 0.522. The number of amides is 1. The summed E-state index contributed by atoms with van der Waals surface area (Å²) in [5, 5.41) is 13.6. The molecule has 0 aliphatic rings. The zero-order valence-electron chi connectivity index (χ0n) is 10.4. The molecule has 96 valence electrons. The molecule has 0 aliphatic carbocycles. The van der Waals surface area contributed by atoms with Gasteiger partial charge in [0, 0.05) is 30.6 Å². The Morgan fingerprint density at radius 2 is 2.28 bits per heavy atom. The maximum absolute atomic E-state index is 10.8. The standard InChI is InChI=1S/C13H16N2O3/c1-8(16)14-6-5-9-7-15-10-3-4-11(18-2)13(17)12(9)10/h3-4,7,15,17H,5-6H2,1-2H3,(H,14,16). The Balaban J connectivity index is 2.30. The lowest BCUT2D eigenvalue weighted by atomic mass is 10.1. The fourth-order valence-electron chi connectivity index (χ4n) is 1.99. The van der Waals surface area contributed by atoms with Gasteiger partial charge in [0.05, 0.1) is 7.11 Å². The summed E-state index contributed by atoms with van der Waals surface area (Å²) < 4.78 is 5.09. The minimum absolute atomic E-state index is 0.0587. The van der Waals surface area contributed by atoms with Crippen molar-refractivity contribution in [3.8, 4) is 11.5 Å². The van der Waals surface area contributed by atoms with Crippen molar-refractivity contribution in [2.75, 3.05) is 13.7 Å². The number of phenolic OH excluding ortho intramolecular Hbond substituents is 1. The highest BCUT2D eigenvalue weighted by Gasteiger charge is 2.12. The van der Waals surface area contributed by atoms with Gasteiger partial charge in [0.1, 0.15) is 0 Å². The van der Waals surface area contributed by atoms with Crippen molar-refractivity contribution in [1.29, 1.82) is 0 Å². The highest BCUT2D eigenvalue weighted by Crippen LogP contribution is 2.36. The third-order valence-corrected chi connectivity index (χ3v) is 2.85. The van der Waals surface area contributed by atoms with E-state index in [-0.39, 0.29) is 11.7 Å². The van der Waals surface area contributed by atoms with Crippen LogP contribution in [0.3, 0.4) is 0 Å². The number of ether oxygens (including phenoxy) is 1. The molecule has 0 spiro atoms. The summed E-state index contributed by atoms with van der Waals surface area (Å²) in [6.07, 6.45) is 2.49. The van der Waals surface area contributed by atoms with Crippen LogP contribution in [0.2, 0.25) is 0 Å². The van der Waals surface area contributed by atoms with E-state index in [4.69, 9.17) is 4.74 Å². The fraction of sp³-hybridized carbons (Fsp3) is 0.308. The van der Waals surface area contributed by atoms with Gasteiger partial charge in [-0.1, -0.05) is 0 Å². The number of carbonyl (C=O) groups is 1. The van der Waals surface area contributed by atoms with Crippen LogP contribution in [-0.2, 0) is 11.2 Å². The number of methoxy groups -OCH3 is 1. The van der Waals surface area contributed by atoms with Crippen LogP contribution >= 0.6 is 0 Å². The van der Waals surface area contributed by atoms with E-state index in [9.17, 15) is 9.90 Å². The molecule has 2 aromatic rings. The SMILES string of the molecule is COc1ccc2[nH]cc(CCNC(C)=O)c2c1O. The molecule has 18 heavy (non-hydrogen) atoms. The predicted octanol–water partition coefficient (Wildman–Crippen LogP) is 1.56. The Kier molecular flexibility index (Phi) is 3.41. The summed E-state index contributed by atoms with van der Waals surface area (Å²) in [7, 11) is 1.52.